The van der Waals surface area contributed by atoms with Gasteiger partial charge >= 0.3 is 0 Å². The van der Waals surface area contributed by atoms with Crippen molar-refractivity contribution in [1.82, 2.24) is 0 Å². The summed E-state index contributed by atoms with van der Waals surface area (Å²) >= 11 is 0. The number of hydrogen-bond acceptors (Lipinski definition) is 3. The van der Waals surface area contributed by atoms with Gasteiger partial charge in [0.1, 0.15) is 0 Å². The molecule has 0 aromatic heterocycles. The molecule has 68 valence electrons. The van der Waals surface area contributed by atoms with Gasteiger partial charge in [-0.1, -0.05) is 5.04 Å². The van der Waals surface area contributed by atoms with Gasteiger partial charge in [0.2, 0.25) is 0 Å². The van der Waals surface area contributed by atoms with Gasteiger partial charge < -0.3 is 0 Å². The first kappa shape index (κ1) is 10.9. The van der Waals surface area contributed by atoms with Crippen molar-refractivity contribution in [2.24, 2.45) is 0 Å². The van der Waals surface area contributed by atoms with Gasteiger partial charge in [0.15, 0.2) is 0 Å². The van der Waals surface area contributed by atoms with Crippen molar-refractivity contribution in [1.29, 1.82) is 0 Å². The first-order chi connectivity index (χ1) is 4.71. The van der Waals surface area contributed by atoms with Crippen molar-refractivity contribution in [2.75, 3.05) is 0 Å². The molecule has 0 atom stereocenters. The lowest BCUT2D eigenvalue weighted by atomic mass is 10.2. The van der Waals surface area contributed by atoms with Crippen molar-refractivity contribution in [3.63, 3.8) is 0 Å². The molecule has 0 unspecified atom stereocenters. The van der Waals surface area contributed by atoms with Crippen LogP contribution in [0.2, 0.25) is 0 Å². The average molecular weight is 162 g/mol. The molecule has 0 rings (SSSR count). The van der Waals surface area contributed by atoms with Crippen molar-refractivity contribution in [3.8, 4) is 0 Å². The lowest BCUT2D eigenvalue weighted by molar-refractivity contribution is -0.561. The Labute approximate surface area is 68.5 Å². The monoisotopic (exact) mass is 162 g/mol. The first-order valence-corrected chi connectivity index (χ1v) is 3.74. The Morgan fingerprint density at radius 2 is 0.909 bits per heavy atom. The Balaban J connectivity index is 3.44. The van der Waals surface area contributed by atoms with Gasteiger partial charge in [-0.05, 0) is 41.5 Å². The fraction of sp³-hybridized carbons (Fsp3) is 1.00. The van der Waals surface area contributed by atoms with Gasteiger partial charge in [0, 0.05) is 0 Å². The molecule has 0 aromatic rings. The maximum Gasteiger partial charge on any atom is 0.0983 e. The SMILES string of the molecule is CC(C)(C)OOOC(C)(C)C. The Bertz CT molecular complexity index is 93.5. The highest BCUT2D eigenvalue weighted by Crippen LogP contribution is 2.12. The van der Waals surface area contributed by atoms with E-state index in [0.29, 0.717) is 0 Å². The van der Waals surface area contributed by atoms with Crippen LogP contribution in [-0.2, 0) is 14.8 Å². The zero-order chi connectivity index (χ0) is 9.12. The molecule has 0 aromatic carbocycles. The smallest absolute Gasteiger partial charge is 0.0983 e. The summed E-state index contributed by atoms with van der Waals surface area (Å²) in [6, 6.07) is 0. The molecular weight excluding hydrogens is 144 g/mol. The number of hydrogen-bond donors (Lipinski definition) is 0. The van der Waals surface area contributed by atoms with Gasteiger partial charge in [-0.2, -0.15) is 0 Å². The predicted octanol–water partition coefficient (Wildman–Crippen LogP) is 2.46. The molecule has 0 aliphatic heterocycles. The number of rotatable bonds is 2. The molecular formula is C8H18O3. The molecule has 0 radical (unpaired) electrons. The highest BCUT2D eigenvalue weighted by Gasteiger charge is 2.16. The minimum absolute atomic E-state index is 0.328. The first-order valence-electron chi connectivity index (χ1n) is 3.74. The van der Waals surface area contributed by atoms with E-state index in [1.54, 1.807) is 0 Å². The van der Waals surface area contributed by atoms with Gasteiger partial charge in [0.05, 0.1) is 11.2 Å². The zero-order valence-corrected chi connectivity index (χ0v) is 8.22. The van der Waals surface area contributed by atoms with E-state index in [2.05, 4.69) is 5.04 Å². The third kappa shape index (κ3) is 9.88. The highest BCUT2D eigenvalue weighted by atomic mass is 17.5. The van der Waals surface area contributed by atoms with Crippen molar-refractivity contribution in [3.05, 3.63) is 0 Å². The van der Waals surface area contributed by atoms with Gasteiger partial charge in [-0.15, -0.1) is 0 Å². The van der Waals surface area contributed by atoms with Gasteiger partial charge in [-0.25, -0.2) is 9.78 Å². The molecule has 0 N–H and O–H groups in total. The van der Waals surface area contributed by atoms with E-state index in [1.807, 2.05) is 41.5 Å². The van der Waals surface area contributed by atoms with Crippen LogP contribution in [0.5, 0.6) is 0 Å². The molecule has 0 saturated heterocycles. The highest BCUT2D eigenvalue weighted by molar-refractivity contribution is 4.55. The molecule has 0 spiro atoms. The third-order valence-corrected chi connectivity index (χ3v) is 0.568. The summed E-state index contributed by atoms with van der Waals surface area (Å²) in [5, 5.41) is 4.56. The summed E-state index contributed by atoms with van der Waals surface area (Å²) < 4.78 is 0. The summed E-state index contributed by atoms with van der Waals surface area (Å²) in [6.07, 6.45) is 0. The molecule has 3 nitrogen and oxygen atoms in total. The minimum Gasteiger partial charge on any atom is -0.200 e. The van der Waals surface area contributed by atoms with Crippen molar-refractivity contribution < 1.29 is 14.8 Å². The zero-order valence-electron chi connectivity index (χ0n) is 8.22. The summed E-state index contributed by atoms with van der Waals surface area (Å²) in [5.41, 5.74) is -0.656. The van der Waals surface area contributed by atoms with E-state index in [4.69, 9.17) is 9.78 Å². The lowest BCUT2D eigenvalue weighted by Crippen LogP contribution is -2.25. The molecule has 0 aliphatic carbocycles. The quantitative estimate of drug-likeness (QED) is 0.461. The van der Waals surface area contributed by atoms with E-state index in [1.165, 1.54) is 0 Å². The van der Waals surface area contributed by atoms with Crippen LogP contribution in [0.1, 0.15) is 41.5 Å². The van der Waals surface area contributed by atoms with E-state index in [0.717, 1.165) is 0 Å². The predicted molar refractivity (Wildman–Crippen MR) is 42.8 cm³/mol. The Hall–Kier alpha value is -0.120. The van der Waals surface area contributed by atoms with Crippen LogP contribution in [0.25, 0.3) is 0 Å². The van der Waals surface area contributed by atoms with Crippen molar-refractivity contribution >= 4 is 0 Å². The summed E-state index contributed by atoms with van der Waals surface area (Å²) in [5.74, 6) is 0. The molecule has 11 heavy (non-hydrogen) atoms. The molecule has 3 heteroatoms. The topological polar surface area (TPSA) is 27.7 Å². The second-order valence-corrected chi connectivity index (χ2v) is 4.46. The van der Waals surface area contributed by atoms with Crippen LogP contribution in [0.15, 0.2) is 0 Å². The summed E-state index contributed by atoms with van der Waals surface area (Å²) in [7, 11) is 0. The minimum atomic E-state index is -0.328. The third-order valence-electron chi connectivity index (χ3n) is 0.568. The standard InChI is InChI=1S/C8H18O3/c1-7(2,3)9-11-10-8(4,5)6/h1-6H3. The van der Waals surface area contributed by atoms with Crippen molar-refractivity contribution in [2.45, 2.75) is 52.7 Å². The van der Waals surface area contributed by atoms with Crippen LogP contribution in [0.3, 0.4) is 0 Å². The molecule has 0 saturated carbocycles. The van der Waals surface area contributed by atoms with Crippen LogP contribution < -0.4 is 0 Å². The van der Waals surface area contributed by atoms with Crippen LogP contribution >= 0.6 is 0 Å². The maximum atomic E-state index is 4.88. The second kappa shape index (κ2) is 3.52. The molecule has 0 fully saturated rings. The Kier molecular flexibility index (Phi) is 3.48. The largest absolute Gasteiger partial charge is 0.200 e. The molecule has 0 aliphatic rings. The van der Waals surface area contributed by atoms with E-state index in [-0.39, 0.29) is 11.2 Å². The van der Waals surface area contributed by atoms with E-state index < -0.39 is 0 Å². The fourth-order valence-electron chi connectivity index (χ4n) is 0.221. The molecule has 0 amide bonds. The lowest BCUT2D eigenvalue weighted by Gasteiger charge is -2.21. The normalized spacial score (nSPS) is 13.6. The van der Waals surface area contributed by atoms with Gasteiger partial charge in [0.25, 0.3) is 0 Å². The summed E-state index contributed by atoms with van der Waals surface area (Å²) in [6.45, 7) is 11.3. The van der Waals surface area contributed by atoms with Gasteiger partial charge in [-0.3, -0.25) is 0 Å². The molecule has 0 bridgehead atoms. The van der Waals surface area contributed by atoms with E-state index in [9.17, 15) is 0 Å². The average Bonchev–Trinajstić information content (AvgIpc) is 1.55. The van der Waals surface area contributed by atoms with Crippen LogP contribution in [0.4, 0.5) is 0 Å². The fourth-order valence-corrected chi connectivity index (χ4v) is 0.221. The Morgan fingerprint density at radius 1 is 0.636 bits per heavy atom. The summed E-state index contributed by atoms with van der Waals surface area (Å²) in [4.78, 5) is 9.77. The van der Waals surface area contributed by atoms with E-state index >= 15 is 0 Å². The van der Waals surface area contributed by atoms with Crippen LogP contribution in [-0.4, -0.2) is 11.2 Å². The maximum absolute atomic E-state index is 4.88. The molecule has 0 heterocycles. The second-order valence-electron chi connectivity index (χ2n) is 4.46. The van der Waals surface area contributed by atoms with Crippen LogP contribution in [0, 0.1) is 0 Å². The Morgan fingerprint density at radius 3 is 1.09 bits per heavy atom.